The van der Waals surface area contributed by atoms with Crippen molar-refractivity contribution in [2.24, 2.45) is 5.73 Å². The molecule has 124 valence electrons. The Morgan fingerprint density at radius 2 is 2.00 bits per heavy atom. The zero-order valence-corrected chi connectivity index (χ0v) is 12.5. The van der Waals surface area contributed by atoms with Crippen molar-refractivity contribution >= 4 is 10.0 Å². The molecule has 1 saturated heterocycles. The molecule has 1 unspecified atom stereocenters. The molecule has 9 heteroatoms. The van der Waals surface area contributed by atoms with E-state index in [1.807, 2.05) is 0 Å². The highest BCUT2D eigenvalue weighted by molar-refractivity contribution is 7.88. The number of sulfonamides is 1. The van der Waals surface area contributed by atoms with Gasteiger partial charge in [-0.25, -0.2) is 8.42 Å². The molecule has 1 heterocycles. The predicted molar refractivity (Wildman–Crippen MR) is 74.4 cm³/mol. The van der Waals surface area contributed by atoms with E-state index in [2.05, 4.69) is 0 Å². The first kappa shape index (κ1) is 17.2. The van der Waals surface area contributed by atoms with Crippen molar-refractivity contribution in [1.29, 1.82) is 0 Å². The van der Waals surface area contributed by atoms with Crippen molar-refractivity contribution in [2.75, 3.05) is 26.2 Å². The number of rotatable bonds is 4. The highest BCUT2D eigenvalue weighted by Gasteiger charge is 2.36. The van der Waals surface area contributed by atoms with Crippen LogP contribution in [0.4, 0.5) is 13.2 Å². The van der Waals surface area contributed by atoms with E-state index < -0.39 is 33.6 Å². The van der Waals surface area contributed by atoms with E-state index in [-0.39, 0.29) is 31.8 Å². The summed E-state index contributed by atoms with van der Waals surface area (Å²) in [5.74, 6) is -0.694. The zero-order chi connectivity index (χ0) is 16.4. The largest absolute Gasteiger partial charge is 0.416 e. The average molecular weight is 338 g/mol. The van der Waals surface area contributed by atoms with Crippen LogP contribution in [0, 0.1) is 0 Å². The van der Waals surface area contributed by atoms with Gasteiger partial charge in [0.2, 0.25) is 10.0 Å². The molecule has 0 aliphatic carbocycles. The van der Waals surface area contributed by atoms with E-state index >= 15 is 0 Å². The van der Waals surface area contributed by atoms with Crippen molar-refractivity contribution < 1.29 is 26.3 Å². The fourth-order valence-corrected chi connectivity index (χ4v) is 3.87. The molecule has 0 spiro atoms. The second kappa shape index (κ2) is 6.53. The van der Waals surface area contributed by atoms with Crippen LogP contribution in [0.3, 0.4) is 0 Å². The Morgan fingerprint density at radius 3 is 2.64 bits per heavy atom. The van der Waals surface area contributed by atoms with Crippen molar-refractivity contribution in [1.82, 2.24) is 4.31 Å². The lowest BCUT2D eigenvalue weighted by Gasteiger charge is -2.31. The smallest absolute Gasteiger partial charge is 0.374 e. The second-order valence-electron chi connectivity index (χ2n) is 5.00. The van der Waals surface area contributed by atoms with Gasteiger partial charge in [0.1, 0.15) is 0 Å². The minimum atomic E-state index is -4.59. The number of halogens is 3. The summed E-state index contributed by atoms with van der Waals surface area (Å²) in [6.45, 7) is 0.521. The fourth-order valence-electron chi connectivity index (χ4n) is 2.30. The summed E-state index contributed by atoms with van der Waals surface area (Å²) in [4.78, 5) is 0. The van der Waals surface area contributed by atoms with Crippen LogP contribution in [0.1, 0.15) is 11.1 Å². The van der Waals surface area contributed by atoms with Crippen LogP contribution in [0.25, 0.3) is 0 Å². The van der Waals surface area contributed by atoms with E-state index in [9.17, 15) is 21.6 Å². The second-order valence-corrected chi connectivity index (χ2v) is 6.97. The summed E-state index contributed by atoms with van der Waals surface area (Å²) in [6, 6.07) is 4.69. The van der Waals surface area contributed by atoms with Gasteiger partial charge in [0, 0.05) is 19.6 Å². The van der Waals surface area contributed by atoms with E-state index in [4.69, 9.17) is 10.5 Å². The van der Waals surface area contributed by atoms with Crippen LogP contribution in [0.2, 0.25) is 0 Å². The third-order valence-corrected chi connectivity index (χ3v) is 5.21. The van der Waals surface area contributed by atoms with Gasteiger partial charge < -0.3 is 10.5 Å². The molecule has 1 aliphatic heterocycles. The van der Waals surface area contributed by atoms with Gasteiger partial charge >= 0.3 is 6.18 Å². The minimum absolute atomic E-state index is 0.0625. The average Bonchev–Trinajstić information content (AvgIpc) is 2.46. The fraction of sp³-hybridized carbons (Fsp3) is 0.538. The summed E-state index contributed by atoms with van der Waals surface area (Å²) >= 11 is 0. The molecule has 0 amide bonds. The molecule has 1 aromatic rings. The van der Waals surface area contributed by atoms with Gasteiger partial charge in [-0.3, -0.25) is 0 Å². The Morgan fingerprint density at radius 1 is 1.32 bits per heavy atom. The lowest BCUT2D eigenvalue weighted by atomic mass is 10.1. The molecule has 5 nitrogen and oxygen atoms in total. The van der Waals surface area contributed by atoms with Gasteiger partial charge in [-0.1, -0.05) is 18.2 Å². The van der Waals surface area contributed by atoms with Crippen LogP contribution in [0.5, 0.6) is 0 Å². The van der Waals surface area contributed by atoms with E-state index in [0.717, 1.165) is 10.4 Å². The lowest BCUT2D eigenvalue weighted by Crippen LogP contribution is -2.48. The molecule has 1 aliphatic rings. The topological polar surface area (TPSA) is 72.6 Å². The predicted octanol–water partition coefficient (Wildman–Crippen LogP) is 1.19. The van der Waals surface area contributed by atoms with Gasteiger partial charge in [0.25, 0.3) is 0 Å². The number of hydrogen-bond donors (Lipinski definition) is 1. The molecule has 1 fully saturated rings. The Bertz CT molecular complexity index is 619. The first-order valence-corrected chi connectivity index (χ1v) is 8.29. The van der Waals surface area contributed by atoms with Gasteiger partial charge in [0.05, 0.1) is 24.0 Å². The van der Waals surface area contributed by atoms with Crippen molar-refractivity contribution in [3.05, 3.63) is 35.4 Å². The van der Waals surface area contributed by atoms with Gasteiger partial charge in [-0.05, 0) is 11.6 Å². The highest BCUT2D eigenvalue weighted by atomic mass is 32.2. The summed E-state index contributed by atoms with van der Waals surface area (Å²) in [5, 5.41) is 0. The van der Waals surface area contributed by atoms with Crippen molar-refractivity contribution in [3.8, 4) is 0 Å². The summed E-state index contributed by atoms with van der Waals surface area (Å²) < 4.78 is 69.9. The Labute approximate surface area is 126 Å². The van der Waals surface area contributed by atoms with Crippen LogP contribution >= 0.6 is 0 Å². The van der Waals surface area contributed by atoms with E-state index in [0.29, 0.717) is 0 Å². The molecular formula is C13H17F3N2O3S. The van der Waals surface area contributed by atoms with Crippen LogP contribution in [0.15, 0.2) is 24.3 Å². The lowest BCUT2D eigenvalue weighted by molar-refractivity contribution is -0.138. The molecule has 2 N–H and O–H groups in total. The Hall–Kier alpha value is -1.16. The third kappa shape index (κ3) is 3.97. The summed E-state index contributed by atoms with van der Waals surface area (Å²) in [5.41, 5.74) is 4.26. The standard InChI is InChI=1S/C13H17F3N2O3S/c14-13(15,16)12-4-2-1-3-10(12)9-22(19,20)18-5-6-21-11(7-17)8-18/h1-4,11H,5-9,17H2. The first-order valence-electron chi connectivity index (χ1n) is 6.68. The van der Waals surface area contributed by atoms with Crippen molar-refractivity contribution in [3.63, 3.8) is 0 Å². The Kier molecular flexibility index (Phi) is 5.10. The van der Waals surface area contributed by atoms with Crippen LogP contribution < -0.4 is 5.73 Å². The Balaban J connectivity index is 2.23. The molecule has 0 bridgehead atoms. The van der Waals surface area contributed by atoms with Crippen LogP contribution in [-0.2, 0) is 26.7 Å². The number of hydrogen-bond acceptors (Lipinski definition) is 4. The summed E-state index contributed by atoms with van der Waals surface area (Å²) in [7, 11) is -3.86. The molecule has 2 rings (SSSR count). The number of nitrogens with zero attached hydrogens (tertiary/aromatic N) is 1. The normalized spacial score (nSPS) is 21.0. The van der Waals surface area contributed by atoms with Crippen LogP contribution in [-0.4, -0.2) is 45.1 Å². The summed E-state index contributed by atoms with van der Waals surface area (Å²) in [6.07, 6.45) is -5.02. The molecule has 0 aromatic heterocycles. The molecule has 0 radical (unpaired) electrons. The minimum Gasteiger partial charge on any atom is -0.374 e. The molecular weight excluding hydrogens is 321 g/mol. The van der Waals surface area contributed by atoms with Gasteiger partial charge in [0.15, 0.2) is 0 Å². The third-order valence-electron chi connectivity index (χ3n) is 3.42. The van der Waals surface area contributed by atoms with Crippen molar-refractivity contribution in [2.45, 2.75) is 18.0 Å². The number of alkyl halides is 3. The number of benzene rings is 1. The van der Waals surface area contributed by atoms with E-state index in [1.165, 1.54) is 18.2 Å². The monoisotopic (exact) mass is 338 g/mol. The zero-order valence-electron chi connectivity index (χ0n) is 11.7. The first-order chi connectivity index (χ1) is 10.2. The maximum atomic E-state index is 12.9. The number of nitrogens with two attached hydrogens (primary N) is 1. The molecule has 22 heavy (non-hydrogen) atoms. The quantitative estimate of drug-likeness (QED) is 0.895. The molecule has 0 saturated carbocycles. The SMILES string of the molecule is NCC1CN(S(=O)(=O)Cc2ccccc2C(F)(F)F)CCO1. The molecule has 1 aromatic carbocycles. The maximum absolute atomic E-state index is 12.9. The maximum Gasteiger partial charge on any atom is 0.416 e. The van der Waals surface area contributed by atoms with E-state index in [1.54, 1.807) is 0 Å². The number of morpholine rings is 1. The highest BCUT2D eigenvalue weighted by Crippen LogP contribution is 2.33. The molecule has 1 atom stereocenters. The number of ether oxygens (including phenoxy) is 1. The van der Waals surface area contributed by atoms with Gasteiger partial charge in [-0.2, -0.15) is 17.5 Å². The van der Waals surface area contributed by atoms with Gasteiger partial charge in [-0.15, -0.1) is 0 Å².